The molecule has 0 aliphatic heterocycles. The van der Waals surface area contributed by atoms with Gasteiger partial charge < -0.3 is 0 Å². The lowest BCUT2D eigenvalue weighted by Gasteiger charge is -2.15. The summed E-state index contributed by atoms with van der Waals surface area (Å²) in [6.45, 7) is 0. The van der Waals surface area contributed by atoms with Crippen molar-refractivity contribution in [3.05, 3.63) is 231 Å². The lowest BCUT2D eigenvalue weighted by Crippen LogP contribution is -1.99. The molecule has 5 aromatic heterocycles. The fourth-order valence-electron chi connectivity index (χ4n) is 9.46. The molecule has 0 radical (unpaired) electrons. The number of fused-ring (bicyclic) bond motifs is 5. The minimum absolute atomic E-state index is 0.866. The minimum Gasteiger partial charge on any atom is -0.291 e. The van der Waals surface area contributed by atoms with E-state index in [0.29, 0.717) is 0 Å². The van der Waals surface area contributed by atoms with Crippen LogP contribution >= 0.6 is 11.3 Å². The van der Waals surface area contributed by atoms with Crippen molar-refractivity contribution in [3.8, 4) is 78.7 Å². The lowest BCUT2D eigenvalue weighted by atomic mass is 9.92. The standard InChI is InChI=1S/C60H38N6S/c1-3-14-39(15-4-1)59-63-53-21-8-10-23-55(53)65(59)49-32-47(35-61-37-49)45-29-44(42-19-13-18-41(28-42)43-26-27-58-52(34-43)51-20-7-12-25-57(51)67-58)30-46(31-45)48-33-50(38-62-36-48)66-56-24-11-9-22-54(56)64-60(66)40-16-5-2-6-17-40/h1-38H. The molecule has 0 fully saturated rings. The van der Waals surface area contributed by atoms with Crippen LogP contribution in [0.15, 0.2) is 231 Å². The molecule has 0 bridgehead atoms. The molecule has 13 rings (SSSR count). The van der Waals surface area contributed by atoms with Crippen LogP contribution in [0.2, 0.25) is 0 Å². The summed E-state index contributed by atoms with van der Waals surface area (Å²) in [4.78, 5) is 20.1. The van der Waals surface area contributed by atoms with Crippen LogP contribution in [0.3, 0.4) is 0 Å². The first-order valence-corrected chi connectivity index (χ1v) is 23.1. The van der Waals surface area contributed by atoms with Gasteiger partial charge in [-0.1, -0.05) is 127 Å². The SMILES string of the molecule is c1ccc(-c2nc3ccccc3n2-c2cncc(-c3cc(-c4cccc(-c5ccc6sc7ccccc7c6c5)c4)cc(-c4cncc(-n5c(-c6ccccc6)nc6ccccc65)c4)c3)c2)cc1. The molecule has 314 valence electrons. The van der Waals surface area contributed by atoms with Crippen LogP contribution in [-0.4, -0.2) is 29.1 Å². The summed E-state index contributed by atoms with van der Waals surface area (Å²) in [7, 11) is 0. The molecule has 13 aromatic rings. The molecule has 0 saturated heterocycles. The van der Waals surface area contributed by atoms with Crippen molar-refractivity contribution in [2.45, 2.75) is 0 Å². The molecule has 5 heterocycles. The van der Waals surface area contributed by atoms with Crippen LogP contribution in [0.25, 0.3) is 121 Å². The highest BCUT2D eigenvalue weighted by Gasteiger charge is 2.19. The fourth-order valence-corrected chi connectivity index (χ4v) is 10.6. The van der Waals surface area contributed by atoms with E-state index in [2.05, 4.69) is 191 Å². The normalized spacial score (nSPS) is 11.6. The highest BCUT2D eigenvalue weighted by atomic mass is 32.1. The number of thiophene rings is 1. The van der Waals surface area contributed by atoms with Crippen LogP contribution in [0.5, 0.6) is 0 Å². The summed E-state index contributed by atoms with van der Waals surface area (Å²) in [6, 6.07) is 73.0. The molecule has 0 amide bonds. The molecule has 0 saturated carbocycles. The number of hydrogen-bond acceptors (Lipinski definition) is 5. The van der Waals surface area contributed by atoms with Gasteiger partial charge in [-0.25, -0.2) is 9.97 Å². The van der Waals surface area contributed by atoms with E-state index in [9.17, 15) is 0 Å². The number of hydrogen-bond donors (Lipinski definition) is 0. The first-order chi connectivity index (χ1) is 33.2. The topological polar surface area (TPSA) is 61.4 Å². The zero-order valence-electron chi connectivity index (χ0n) is 36.0. The minimum atomic E-state index is 0.866. The van der Waals surface area contributed by atoms with Crippen LogP contribution in [0, 0.1) is 0 Å². The van der Waals surface area contributed by atoms with Crippen molar-refractivity contribution in [1.82, 2.24) is 29.1 Å². The average Bonchev–Trinajstić information content (AvgIpc) is 4.11. The molecule has 0 spiro atoms. The van der Waals surface area contributed by atoms with Crippen molar-refractivity contribution in [1.29, 1.82) is 0 Å². The monoisotopic (exact) mass is 874 g/mol. The van der Waals surface area contributed by atoms with Crippen LogP contribution < -0.4 is 0 Å². The molecule has 0 unspecified atom stereocenters. The third kappa shape index (κ3) is 6.88. The van der Waals surface area contributed by atoms with Gasteiger partial charge in [0.2, 0.25) is 0 Å². The Morgan fingerprint density at radius 3 is 1.34 bits per heavy atom. The smallest absolute Gasteiger partial charge is 0.145 e. The molecule has 0 N–H and O–H groups in total. The second kappa shape index (κ2) is 16.0. The lowest BCUT2D eigenvalue weighted by molar-refractivity contribution is 1.08. The number of benzene rings is 8. The first-order valence-electron chi connectivity index (χ1n) is 22.3. The van der Waals surface area contributed by atoms with Gasteiger partial charge in [-0.05, 0) is 112 Å². The van der Waals surface area contributed by atoms with Crippen molar-refractivity contribution in [2.24, 2.45) is 0 Å². The maximum atomic E-state index is 5.13. The maximum Gasteiger partial charge on any atom is 0.145 e. The third-order valence-electron chi connectivity index (χ3n) is 12.7. The molecule has 0 atom stereocenters. The number of imidazole rings is 2. The van der Waals surface area contributed by atoms with E-state index in [4.69, 9.17) is 19.9 Å². The molecular weight excluding hydrogens is 837 g/mol. The third-order valence-corrected chi connectivity index (χ3v) is 13.8. The molecule has 7 heteroatoms. The summed E-state index contributed by atoms with van der Waals surface area (Å²) < 4.78 is 7.04. The average molecular weight is 875 g/mol. The Balaban J connectivity index is 0.984. The van der Waals surface area contributed by atoms with Gasteiger partial charge >= 0.3 is 0 Å². The van der Waals surface area contributed by atoms with Gasteiger partial charge in [-0.15, -0.1) is 11.3 Å². The Hall–Kier alpha value is -8.78. The van der Waals surface area contributed by atoms with E-state index in [0.717, 1.165) is 95.2 Å². The Labute approximate surface area is 390 Å². The highest BCUT2D eigenvalue weighted by Crippen LogP contribution is 2.40. The quantitative estimate of drug-likeness (QED) is 0.153. The second-order valence-electron chi connectivity index (χ2n) is 16.8. The number of nitrogens with zero attached hydrogens (tertiary/aromatic N) is 6. The summed E-state index contributed by atoms with van der Waals surface area (Å²) in [6.07, 6.45) is 7.78. The number of pyridine rings is 2. The molecule has 8 aromatic carbocycles. The molecule has 0 aliphatic rings. The molecular formula is C60H38N6S. The van der Waals surface area contributed by atoms with Gasteiger partial charge in [0.25, 0.3) is 0 Å². The van der Waals surface area contributed by atoms with E-state index in [1.165, 1.54) is 25.7 Å². The van der Waals surface area contributed by atoms with Crippen LogP contribution in [0.4, 0.5) is 0 Å². The van der Waals surface area contributed by atoms with Gasteiger partial charge in [0.1, 0.15) is 11.6 Å². The molecule has 0 aliphatic carbocycles. The van der Waals surface area contributed by atoms with E-state index in [-0.39, 0.29) is 0 Å². The van der Waals surface area contributed by atoms with Gasteiger partial charge in [0, 0.05) is 54.8 Å². The van der Waals surface area contributed by atoms with Gasteiger partial charge in [0.15, 0.2) is 0 Å². The Bertz CT molecular complexity index is 3820. The van der Waals surface area contributed by atoms with Crippen LogP contribution in [-0.2, 0) is 0 Å². The van der Waals surface area contributed by atoms with Crippen LogP contribution in [0.1, 0.15) is 0 Å². The summed E-state index contributed by atoms with van der Waals surface area (Å²) in [5, 5.41) is 2.58. The zero-order valence-corrected chi connectivity index (χ0v) is 36.8. The van der Waals surface area contributed by atoms with Gasteiger partial charge in [-0.2, -0.15) is 0 Å². The van der Waals surface area contributed by atoms with E-state index in [1.807, 2.05) is 60.4 Å². The fraction of sp³-hybridized carbons (Fsp3) is 0. The van der Waals surface area contributed by atoms with Gasteiger partial charge in [-0.3, -0.25) is 19.1 Å². The van der Waals surface area contributed by atoms with Crippen molar-refractivity contribution < 1.29 is 0 Å². The van der Waals surface area contributed by atoms with Crippen molar-refractivity contribution >= 4 is 53.6 Å². The maximum absolute atomic E-state index is 5.13. The molecule has 6 nitrogen and oxygen atoms in total. The van der Waals surface area contributed by atoms with E-state index >= 15 is 0 Å². The number of para-hydroxylation sites is 4. The second-order valence-corrected chi connectivity index (χ2v) is 17.9. The Morgan fingerprint density at radius 1 is 0.299 bits per heavy atom. The van der Waals surface area contributed by atoms with Crippen molar-refractivity contribution in [2.75, 3.05) is 0 Å². The number of aromatic nitrogens is 6. The zero-order chi connectivity index (χ0) is 44.3. The predicted octanol–water partition coefficient (Wildman–Crippen LogP) is 15.5. The van der Waals surface area contributed by atoms with Gasteiger partial charge in [0.05, 0.1) is 45.8 Å². The summed E-state index contributed by atoms with van der Waals surface area (Å²) in [5.74, 6) is 1.73. The van der Waals surface area contributed by atoms with E-state index < -0.39 is 0 Å². The summed E-state index contributed by atoms with van der Waals surface area (Å²) >= 11 is 1.84. The number of rotatable bonds is 8. The van der Waals surface area contributed by atoms with Crippen molar-refractivity contribution in [3.63, 3.8) is 0 Å². The largest absolute Gasteiger partial charge is 0.291 e. The Kier molecular flexibility index (Phi) is 9.25. The Morgan fingerprint density at radius 2 is 0.746 bits per heavy atom. The summed E-state index contributed by atoms with van der Waals surface area (Å²) in [5.41, 5.74) is 16.4. The highest BCUT2D eigenvalue weighted by molar-refractivity contribution is 7.25. The predicted molar refractivity (Wildman–Crippen MR) is 277 cm³/mol. The van der Waals surface area contributed by atoms with E-state index in [1.54, 1.807) is 0 Å². The first kappa shape index (κ1) is 38.7. The molecule has 67 heavy (non-hydrogen) atoms.